The van der Waals surface area contributed by atoms with Gasteiger partial charge in [0.25, 0.3) is 0 Å². The summed E-state index contributed by atoms with van der Waals surface area (Å²) in [5.74, 6) is 1.55. The van der Waals surface area contributed by atoms with Crippen LogP contribution in [0.2, 0.25) is 0 Å². The van der Waals surface area contributed by atoms with Crippen LogP contribution in [-0.2, 0) is 14.5 Å². The van der Waals surface area contributed by atoms with Crippen LogP contribution in [0.15, 0.2) is 84.9 Å². The number of ether oxygens (including phenoxy) is 2. The van der Waals surface area contributed by atoms with E-state index in [2.05, 4.69) is 53.4 Å². The van der Waals surface area contributed by atoms with E-state index in [1.54, 1.807) is 14.2 Å². The number of nitrogens with zero attached hydrogens (tertiary/aromatic N) is 1. The van der Waals surface area contributed by atoms with Crippen LogP contribution < -0.4 is 14.4 Å². The molecule has 2 N–H and O–H groups in total. The second-order valence-corrected chi connectivity index (χ2v) is 11.1. The summed E-state index contributed by atoms with van der Waals surface area (Å²) in [5.41, 5.74) is 7.97. The van der Waals surface area contributed by atoms with E-state index >= 15 is 0 Å². The molecule has 4 aromatic rings. The molecule has 8 heteroatoms. The minimum absolute atomic E-state index is 0.113. The molecule has 0 saturated carbocycles. The molecular formula is C31H30NO6P. The summed E-state index contributed by atoms with van der Waals surface area (Å²) < 4.78 is 27.9. The number of rotatable bonds is 7. The molecule has 0 amide bonds. The highest BCUT2D eigenvalue weighted by Crippen LogP contribution is 2.63. The van der Waals surface area contributed by atoms with Gasteiger partial charge in [0, 0.05) is 11.4 Å². The van der Waals surface area contributed by atoms with Crippen LogP contribution in [0.1, 0.15) is 35.6 Å². The maximum Gasteiger partial charge on any atom is 0.469 e. The van der Waals surface area contributed by atoms with Crippen molar-refractivity contribution < 1.29 is 28.3 Å². The van der Waals surface area contributed by atoms with Crippen molar-refractivity contribution in [2.75, 3.05) is 25.7 Å². The van der Waals surface area contributed by atoms with Gasteiger partial charge in [-0.1, -0.05) is 55.5 Å². The third kappa shape index (κ3) is 3.88. The Kier molecular flexibility index (Phi) is 6.28. The zero-order chi connectivity index (χ0) is 27.4. The van der Waals surface area contributed by atoms with Gasteiger partial charge in [0.2, 0.25) is 0 Å². The standard InChI is InChI=1S/C31H30NO6P/c1-4-20(19-38-39(33,34)35)32-29-11-7-5-9-27(29)31(28-10-6-8-12-30(28)32)25-15-13-21(36-2)17-23(25)24-18-22(37-3)14-16-26(24)31/h5-18,20H,4,19H2,1-3H3,(H2,33,34,35). The van der Waals surface area contributed by atoms with Crippen LogP contribution in [0.5, 0.6) is 11.5 Å². The first-order valence-corrected chi connectivity index (χ1v) is 14.4. The van der Waals surface area contributed by atoms with Gasteiger partial charge in [0.15, 0.2) is 0 Å². The van der Waals surface area contributed by atoms with E-state index in [0.29, 0.717) is 6.42 Å². The number of hydrogen-bond acceptors (Lipinski definition) is 5. The average Bonchev–Trinajstić information content (AvgIpc) is 3.23. The summed E-state index contributed by atoms with van der Waals surface area (Å²) in [6.07, 6.45) is 0.622. The molecule has 0 aromatic heterocycles. The van der Waals surface area contributed by atoms with E-state index in [0.717, 1.165) is 56.3 Å². The number of phosphoric ester groups is 1. The molecule has 0 bridgehead atoms. The summed E-state index contributed by atoms with van der Waals surface area (Å²) in [7, 11) is -1.29. The fraction of sp³-hybridized carbons (Fsp3) is 0.226. The molecule has 1 atom stereocenters. The smallest absolute Gasteiger partial charge is 0.469 e. The SMILES string of the molecule is CCC(COP(=O)(O)O)N1c2ccccc2C2(c3ccc(OC)cc3-c3cc(OC)ccc32)c2ccccc21. The zero-order valence-electron chi connectivity index (χ0n) is 22.0. The largest absolute Gasteiger partial charge is 0.497 e. The lowest BCUT2D eigenvalue weighted by molar-refractivity contribution is 0.184. The molecule has 0 radical (unpaired) electrons. The van der Waals surface area contributed by atoms with Gasteiger partial charge in [0.1, 0.15) is 11.5 Å². The predicted molar refractivity (Wildman–Crippen MR) is 151 cm³/mol. The first-order valence-electron chi connectivity index (χ1n) is 12.9. The number of fused-ring (bicyclic) bond motifs is 9. The highest BCUT2D eigenvalue weighted by Gasteiger charge is 2.52. The number of methoxy groups -OCH3 is 2. The van der Waals surface area contributed by atoms with Gasteiger partial charge in [-0.2, -0.15) is 0 Å². The van der Waals surface area contributed by atoms with Crippen molar-refractivity contribution in [3.63, 3.8) is 0 Å². The van der Waals surface area contributed by atoms with Crippen LogP contribution in [0.3, 0.4) is 0 Å². The Morgan fingerprint density at radius 1 is 0.769 bits per heavy atom. The second kappa shape index (κ2) is 9.54. The molecule has 0 saturated heterocycles. The Bertz CT molecular complexity index is 1510. The van der Waals surface area contributed by atoms with Gasteiger partial charge in [-0.25, -0.2) is 4.57 Å². The maximum atomic E-state index is 11.6. The topological polar surface area (TPSA) is 88.5 Å². The minimum atomic E-state index is -4.63. The van der Waals surface area contributed by atoms with E-state index in [-0.39, 0.29) is 12.6 Å². The van der Waals surface area contributed by atoms with Crippen LogP contribution in [0, 0.1) is 0 Å². The van der Waals surface area contributed by atoms with E-state index in [9.17, 15) is 14.4 Å². The van der Waals surface area contributed by atoms with E-state index in [1.807, 2.05) is 43.3 Å². The third-order valence-electron chi connectivity index (χ3n) is 7.96. The summed E-state index contributed by atoms with van der Waals surface area (Å²) in [5, 5.41) is 0. The predicted octanol–water partition coefficient (Wildman–Crippen LogP) is 6.41. The molecule has 1 spiro atoms. The van der Waals surface area contributed by atoms with Gasteiger partial charge < -0.3 is 24.2 Å². The molecule has 39 heavy (non-hydrogen) atoms. The van der Waals surface area contributed by atoms with Crippen LogP contribution in [0.25, 0.3) is 11.1 Å². The van der Waals surface area contributed by atoms with Crippen molar-refractivity contribution in [1.29, 1.82) is 0 Å². The number of para-hydroxylation sites is 2. The number of anilines is 2. The van der Waals surface area contributed by atoms with Crippen molar-refractivity contribution in [3.05, 3.63) is 107 Å². The molecule has 7 nitrogen and oxygen atoms in total. The number of hydrogen-bond donors (Lipinski definition) is 2. The van der Waals surface area contributed by atoms with Crippen LogP contribution in [-0.4, -0.2) is 36.7 Å². The maximum absolute atomic E-state index is 11.6. The summed E-state index contributed by atoms with van der Waals surface area (Å²) in [6.45, 7) is 1.89. The molecule has 2 aliphatic rings. The molecular weight excluding hydrogens is 513 g/mol. The van der Waals surface area contributed by atoms with Crippen LogP contribution in [0.4, 0.5) is 11.4 Å². The molecule has 1 heterocycles. The van der Waals surface area contributed by atoms with Gasteiger partial charge >= 0.3 is 7.82 Å². The number of phosphoric acid groups is 1. The summed E-state index contributed by atoms with van der Waals surface area (Å²) in [6, 6.07) is 28.8. The number of benzene rings is 4. The lowest BCUT2D eigenvalue weighted by atomic mass is 9.64. The van der Waals surface area contributed by atoms with E-state index in [1.165, 1.54) is 0 Å². The molecule has 1 aliphatic heterocycles. The summed E-state index contributed by atoms with van der Waals surface area (Å²) >= 11 is 0. The van der Waals surface area contributed by atoms with Gasteiger partial charge in [-0.3, -0.25) is 4.52 Å². The van der Waals surface area contributed by atoms with Crippen LogP contribution >= 0.6 is 7.82 Å². The Hall–Kier alpha value is -3.61. The van der Waals surface area contributed by atoms with Gasteiger partial charge in [0.05, 0.1) is 32.3 Å². The lowest BCUT2D eigenvalue weighted by Crippen LogP contribution is -2.43. The van der Waals surface area contributed by atoms with Crippen molar-refractivity contribution in [2.45, 2.75) is 24.8 Å². The Morgan fingerprint density at radius 2 is 1.26 bits per heavy atom. The first-order chi connectivity index (χ1) is 18.8. The molecule has 1 aliphatic carbocycles. The third-order valence-corrected chi connectivity index (χ3v) is 8.44. The molecule has 4 aromatic carbocycles. The fourth-order valence-electron chi connectivity index (χ4n) is 6.35. The van der Waals surface area contributed by atoms with Gasteiger partial charge in [-0.05, 0) is 76.2 Å². The Balaban J connectivity index is 1.68. The van der Waals surface area contributed by atoms with E-state index in [4.69, 9.17) is 14.0 Å². The molecule has 6 rings (SSSR count). The highest BCUT2D eigenvalue weighted by atomic mass is 31.2. The quantitative estimate of drug-likeness (QED) is 0.230. The van der Waals surface area contributed by atoms with Gasteiger partial charge in [-0.15, -0.1) is 0 Å². The first kappa shape index (κ1) is 25.7. The van der Waals surface area contributed by atoms with Crippen molar-refractivity contribution in [2.24, 2.45) is 0 Å². The fourth-order valence-corrected chi connectivity index (χ4v) is 6.72. The normalized spacial score (nSPS) is 15.3. The average molecular weight is 544 g/mol. The van der Waals surface area contributed by atoms with Crippen molar-refractivity contribution in [1.82, 2.24) is 0 Å². The lowest BCUT2D eigenvalue weighted by Gasteiger charge is -2.47. The summed E-state index contributed by atoms with van der Waals surface area (Å²) in [4.78, 5) is 21.1. The zero-order valence-corrected chi connectivity index (χ0v) is 22.9. The molecule has 1 unspecified atom stereocenters. The second-order valence-electron chi connectivity index (χ2n) is 9.83. The van der Waals surface area contributed by atoms with Crippen molar-refractivity contribution >= 4 is 19.2 Å². The highest BCUT2D eigenvalue weighted by molar-refractivity contribution is 7.46. The molecule has 0 fully saturated rings. The monoisotopic (exact) mass is 543 g/mol. The Morgan fingerprint density at radius 3 is 1.69 bits per heavy atom. The minimum Gasteiger partial charge on any atom is -0.497 e. The molecule has 200 valence electrons. The van der Waals surface area contributed by atoms with Crippen molar-refractivity contribution in [3.8, 4) is 22.6 Å². The van der Waals surface area contributed by atoms with E-state index < -0.39 is 13.2 Å². The Labute approximate surface area is 227 Å².